The Labute approximate surface area is 181 Å². The number of amides is 2. The van der Waals surface area contributed by atoms with Crippen molar-refractivity contribution in [2.45, 2.75) is 51.0 Å². The van der Waals surface area contributed by atoms with Crippen molar-refractivity contribution in [3.63, 3.8) is 0 Å². The third-order valence-electron chi connectivity index (χ3n) is 5.66. The average molecular weight is 429 g/mol. The highest BCUT2D eigenvalue weighted by Gasteiger charge is 2.34. The molecule has 0 spiro atoms. The summed E-state index contributed by atoms with van der Waals surface area (Å²) in [6.45, 7) is 3.18. The van der Waals surface area contributed by atoms with E-state index in [1.807, 2.05) is 35.7 Å². The molecule has 160 valence electrons. The van der Waals surface area contributed by atoms with Crippen molar-refractivity contribution >= 4 is 23.2 Å². The number of thiophene rings is 1. The molecule has 7 heteroatoms. The van der Waals surface area contributed by atoms with Crippen LogP contribution in [0.3, 0.4) is 0 Å². The van der Waals surface area contributed by atoms with Crippen LogP contribution in [-0.4, -0.2) is 48.6 Å². The number of ether oxygens (including phenoxy) is 2. The maximum atomic E-state index is 12.8. The second-order valence-corrected chi connectivity index (χ2v) is 8.74. The summed E-state index contributed by atoms with van der Waals surface area (Å²) >= 11 is 1.42. The van der Waals surface area contributed by atoms with Gasteiger partial charge in [-0.25, -0.2) is 0 Å². The first-order valence-electron chi connectivity index (χ1n) is 10.6. The SMILES string of the molecule is O=C(NCc1cccc(COC2CCOCC2)c1)[C@@H]1CCCN1C(=O)c1cccs1. The molecule has 0 bridgehead atoms. The van der Waals surface area contributed by atoms with Gasteiger partial charge in [-0.2, -0.15) is 0 Å². The molecule has 2 aliphatic heterocycles. The molecule has 0 aliphatic carbocycles. The van der Waals surface area contributed by atoms with Crippen LogP contribution in [0.5, 0.6) is 0 Å². The van der Waals surface area contributed by atoms with E-state index in [1.54, 1.807) is 4.90 Å². The summed E-state index contributed by atoms with van der Waals surface area (Å²) in [5.41, 5.74) is 2.13. The monoisotopic (exact) mass is 428 g/mol. The van der Waals surface area contributed by atoms with E-state index < -0.39 is 0 Å². The van der Waals surface area contributed by atoms with Gasteiger partial charge in [-0.3, -0.25) is 9.59 Å². The molecule has 3 heterocycles. The van der Waals surface area contributed by atoms with E-state index in [4.69, 9.17) is 9.47 Å². The molecule has 2 saturated heterocycles. The smallest absolute Gasteiger partial charge is 0.264 e. The lowest BCUT2D eigenvalue weighted by Gasteiger charge is -2.23. The molecule has 6 nitrogen and oxygen atoms in total. The molecule has 2 amide bonds. The number of nitrogens with one attached hydrogen (secondary N) is 1. The van der Waals surface area contributed by atoms with E-state index in [0.717, 1.165) is 43.6 Å². The molecule has 2 aliphatic rings. The predicted molar refractivity (Wildman–Crippen MR) is 115 cm³/mol. The lowest BCUT2D eigenvalue weighted by molar-refractivity contribution is -0.125. The summed E-state index contributed by atoms with van der Waals surface area (Å²) in [5.74, 6) is -0.129. The summed E-state index contributed by atoms with van der Waals surface area (Å²) in [5, 5.41) is 4.90. The maximum Gasteiger partial charge on any atom is 0.264 e. The normalized spacial score (nSPS) is 19.7. The van der Waals surface area contributed by atoms with Crippen LogP contribution in [-0.2, 0) is 27.4 Å². The van der Waals surface area contributed by atoms with E-state index >= 15 is 0 Å². The third-order valence-corrected chi connectivity index (χ3v) is 6.52. The first-order valence-corrected chi connectivity index (χ1v) is 11.5. The topological polar surface area (TPSA) is 67.9 Å². The highest BCUT2D eigenvalue weighted by Crippen LogP contribution is 2.22. The van der Waals surface area contributed by atoms with Crippen molar-refractivity contribution in [2.75, 3.05) is 19.8 Å². The van der Waals surface area contributed by atoms with Gasteiger partial charge in [0.2, 0.25) is 5.91 Å². The molecule has 1 atom stereocenters. The molecule has 30 heavy (non-hydrogen) atoms. The van der Waals surface area contributed by atoms with E-state index in [-0.39, 0.29) is 24.0 Å². The molecule has 0 saturated carbocycles. The zero-order chi connectivity index (χ0) is 20.8. The van der Waals surface area contributed by atoms with Crippen molar-refractivity contribution in [1.29, 1.82) is 0 Å². The molecular formula is C23H28N2O4S. The highest BCUT2D eigenvalue weighted by molar-refractivity contribution is 7.12. The van der Waals surface area contributed by atoms with E-state index in [9.17, 15) is 9.59 Å². The fraction of sp³-hybridized carbons (Fsp3) is 0.478. The minimum atomic E-state index is -0.389. The van der Waals surface area contributed by atoms with E-state index in [2.05, 4.69) is 11.4 Å². The van der Waals surface area contributed by atoms with Crippen LogP contribution < -0.4 is 5.32 Å². The fourth-order valence-electron chi connectivity index (χ4n) is 4.02. The maximum absolute atomic E-state index is 12.8. The van der Waals surface area contributed by atoms with Gasteiger partial charge in [0, 0.05) is 26.3 Å². The van der Waals surface area contributed by atoms with Gasteiger partial charge in [-0.15, -0.1) is 11.3 Å². The Morgan fingerprint density at radius 2 is 1.97 bits per heavy atom. The molecule has 2 fully saturated rings. The Bertz CT molecular complexity index is 849. The van der Waals surface area contributed by atoms with Crippen LogP contribution in [0.2, 0.25) is 0 Å². The molecule has 0 unspecified atom stereocenters. The second kappa shape index (κ2) is 10.2. The zero-order valence-corrected chi connectivity index (χ0v) is 17.9. The van der Waals surface area contributed by atoms with Crippen LogP contribution in [0.4, 0.5) is 0 Å². The number of carbonyl (C=O) groups is 2. The molecule has 0 radical (unpaired) electrons. The lowest BCUT2D eigenvalue weighted by Crippen LogP contribution is -2.45. The summed E-state index contributed by atoms with van der Waals surface area (Å²) in [6, 6.07) is 11.4. The van der Waals surface area contributed by atoms with Gasteiger partial charge in [0.25, 0.3) is 5.91 Å². The van der Waals surface area contributed by atoms with Gasteiger partial charge in [0.15, 0.2) is 0 Å². The van der Waals surface area contributed by atoms with Crippen LogP contribution in [0.15, 0.2) is 41.8 Å². The Balaban J connectivity index is 1.29. The molecule has 1 aromatic heterocycles. The van der Waals surface area contributed by atoms with Crippen LogP contribution in [0.25, 0.3) is 0 Å². The zero-order valence-electron chi connectivity index (χ0n) is 17.0. The standard InChI is InChI=1S/C23H28N2O4S/c26-22(20-6-2-10-25(20)23(27)21-7-3-13-30-21)24-15-17-4-1-5-18(14-17)16-29-19-8-11-28-12-9-19/h1,3-5,7,13-14,19-20H,2,6,8-12,15-16H2,(H,24,26)/t20-/m0/s1. The van der Waals surface area contributed by atoms with Crippen LogP contribution in [0, 0.1) is 0 Å². The number of hydrogen-bond acceptors (Lipinski definition) is 5. The van der Waals surface area contributed by atoms with Gasteiger partial charge in [-0.1, -0.05) is 30.3 Å². The largest absolute Gasteiger partial charge is 0.381 e. The summed E-state index contributed by atoms with van der Waals surface area (Å²) in [6.07, 6.45) is 3.71. The molecule has 1 aromatic carbocycles. The number of benzene rings is 1. The number of hydrogen-bond donors (Lipinski definition) is 1. The van der Waals surface area contributed by atoms with E-state index in [1.165, 1.54) is 11.3 Å². The summed E-state index contributed by atoms with van der Waals surface area (Å²) < 4.78 is 11.4. The van der Waals surface area contributed by atoms with Crippen LogP contribution in [0.1, 0.15) is 46.5 Å². The quantitative estimate of drug-likeness (QED) is 0.734. The van der Waals surface area contributed by atoms with E-state index in [0.29, 0.717) is 31.0 Å². The Hall–Kier alpha value is -2.22. The number of rotatable bonds is 7. The summed E-state index contributed by atoms with van der Waals surface area (Å²) in [4.78, 5) is 27.9. The minimum absolute atomic E-state index is 0.0464. The van der Waals surface area contributed by atoms with Gasteiger partial charge < -0.3 is 19.7 Å². The Morgan fingerprint density at radius 3 is 2.77 bits per heavy atom. The summed E-state index contributed by atoms with van der Waals surface area (Å²) in [7, 11) is 0. The average Bonchev–Trinajstić information content (AvgIpc) is 3.49. The second-order valence-electron chi connectivity index (χ2n) is 7.79. The number of likely N-dealkylation sites (tertiary alicyclic amines) is 1. The number of carbonyl (C=O) groups excluding carboxylic acids is 2. The Kier molecular flexibility index (Phi) is 7.15. The van der Waals surface area contributed by atoms with Crippen molar-refractivity contribution in [1.82, 2.24) is 10.2 Å². The highest BCUT2D eigenvalue weighted by atomic mass is 32.1. The number of nitrogens with zero attached hydrogens (tertiary/aromatic N) is 1. The van der Waals surface area contributed by atoms with Gasteiger partial charge >= 0.3 is 0 Å². The first kappa shape index (κ1) is 21.0. The molecule has 2 aromatic rings. The molecular weight excluding hydrogens is 400 g/mol. The minimum Gasteiger partial charge on any atom is -0.381 e. The molecule has 1 N–H and O–H groups in total. The Morgan fingerprint density at radius 1 is 1.13 bits per heavy atom. The van der Waals surface area contributed by atoms with Crippen molar-refractivity contribution in [2.24, 2.45) is 0 Å². The van der Waals surface area contributed by atoms with Gasteiger partial charge in [0.1, 0.15) is 6.04 Å². The molecule has 4 rings (SSSR count). The third kappa shape index (κ3) is 5.28. The van der Waals surface area contributed by atoms with Crippen molar-refractivity contribution < 1.29 is 19.1 Å². The van der Waals surface area contributed by atoms with Crippen molar-refractivity contribution in [3.05, 3.63) is 57.8 Å². The van der Waals surface area contributed by atoms with Crippen LogP contribution >= 0.6 is 11.3 Å². The fourth-order valence-corrected chi connectivity index (χ4v) is 4.70. The lowest BCUT2D eigenvalue weighted by atomic mass is 10.1. The van der Waals surface area contributed by atoms with Gasteiger partial charge in [0.05, 0.1) is 17.6 Å². The van der Waals surface area contributed by atoms with Gasteiger partial charge in [-0.05, 0) is 48.3 Å². The predicted octanol–water partition coefficient (Wildman–Crippen LogP) is 3.36. The van der Waals surface area contributed by atoms with Crippen molar-refractivity contribution in [3.8, 4) is 0 Å². The first-order chi connectivity index (χ1) is 14.7.